The van der Waals surface area contributed by atoms with Crippen molar-refractivity contribution in [2.45, 2.75) is 39.5 Å². The first-order chi connectivity index (χ1) is 9.31. The van der Waals surface area contributed by atoms with Crippen LogP contribution in [0.2, 0.25) is 0 Å². The lowest BCUT2D eigenvalue weighted by molar-refractivity contribution is 0.0248. The van der Waals surface area contributed by atoms with E-state index >= 15 is 0 Å². The molecular weight excluding hydrogens is 258 g/mol. The highest BCUT2D eigenvalue weighted by Gasteiger charge is 2.34. The van der Waals surface area contributed by atoms with E-state index in [0.717, 1.165) is 16.0 Å². The maximum absolute atomic E-state index is 12.2. The number of carbonyl (C=O) groups is 2. The van der Waals surface area contributed by atoms with Crippen molar-refractivity contribution >= 4 is 12.0 Å². The van der Waals surface area contributed by atoms with E-state index in [1.54, 1.807) is 33.9 Å². The van der Waals surface area contributed by atoms with Gasteiger partial charge in [-0.25, -0.2) is 9.69 Å². The number of fused-ring (bicyclic) bond motifs is 1. The molecule has 0 fully saturated rings. The van der Waals surface area contributed by atoms with Crippen molar-refractivity contribution in [1.29, 1.82) is 0 Å². The van der Waals surface area contributed by atoms with E-state index in [4.69, 9.17) is 9.47 Å². The van der Waals surface area contributed by atoms with Crippen LogP contribution in [-0.2, 0) is 22.6 Å². The van der Waals surface area contributed by atoms with E-state index in [9.17, 15) is 9.59 Å². The Morgan fingerprint density at radius 2 is 2.05 bits per heavy atom. The van der Waals surface area contributed by atoms with Crippen LogP contribution >= 0.6 is 0 Å². The highest BCUT2D eigenvalue weighted by atomic mass is 16.6. The quantitative estimate of drug-likeness (QED) is 0.834. The van der Waals surface area contributed by atoms with Crippen molar-refractivity contribution in [2.24, 2.45) is 0 Å². The van der Waals surface area contributed by atoms with Crippen molar-refractivity contribution < 1.29 is 19.1 Å². The molecule has 0 aromatic heterocycles. The highest BCUT2D eigenvalue weighted by Crippen LogP contribution is 2.25. The minimum atomic E-state index is -0.618. The third-order valence-corrected chi connectivity index (χ3v) is 2.90. The first kappa shape index (κ1) is 14.5. The van der Waals surface area contributed by atoms with Gasteiger partial charge in [-0.15, -0.1) is 0 Å². The lowest BCUT2D eigenvalue weighted by Crippen LogP contribution is -2.36. The predicted molar refractivity (Wildman–Crippen MR) is 73.3 cm³/mol. The topological polar surface area (TPSA) is 55.8 Å². The van der Waals surface area contributed by atoms with Gasteiger partial charge in [-0.3, -0.25) is 4.79 Å². The molecule has 0 N–H and O–H groups in total. The van der Waals surface area contributed by atoms with Crippen LogP contribution in [0, 0.1) is 0 Å². The summed E-state index contributed by atoms with van der Waals surface area (Å²) in [6, 6.07) is 5.45. The van der Waals surface area contributed by atoms with Crippen LogP contribution in [0.15, 0.2) is 18.2 Å². The molecule has 5 heteroatoms. The maximum atomic E-state index is 12.2. The molecule has 108 valence electrons. The van der Waals surface area contributed by atoms with Crippen LogP contribution in [0.1, 0.15) is 42.3 Å². The zero-order valence-electron chi connectivity index (χ0n) is 12.2. The summed E-state index contributed by atoms with van der Waals surface area (Å²) in [5, 5.41) is 0. The fourth-order valence-corrected chi connectivity index (χ4v) is 2.09. The van der Waals surface area contributed by atoms with Gasteiger partial charge in [0.05, 0.1) is 13.2 Å². The summed E-state index contributed by atoms with van der Waals surface area (Å²) in [6.45, 7) is 6.05. The fourth-order valence-electron chi connectivity index (χ4n) is 2.09. The minimum Gasteiger partial charge on any atom is -0.443 e. The summed E-state index contributed by atoms with van der Waals surface area (Å²) < 4.78 is 10.3. The lowest BCUT2D eigenvalue weighted by atomic mass is 10.1. The average Bonchev–Trinajstić information content (AvgIpc) is 2.65. The molecule has 2 rings (SSSR count). The van der Waals surface area contributed by atoms with Crippen molar-refractivity contribution in [1.82, 2.24) is 4.90 Å². The number of carbonyl (C=O) groups excluding carboxylic acids is 2. The Hall–Kier alpha value is -1.88. The number of amides is 2. The second-order valence-corrected chi connectivity index (χ2v) is 5.80. The zero-order valence-corrected chi connectivity index (χ0v) is 12.2. The molecule has 0 unspecified atom stereocenters. The number of hydrogen-bond donors (Lipinski definition) is 0. The third kappa shape index (κ3) is 2.99. The standard InChI is InChI=1S/C15H19NO4/c1-15(2,3)20-14(18)16-8-11-7-10(9-19-4)5-6-12(11)13(16)17/h5-7H,8-9H2,1-4H3. The third-order valence-electron chi connectivity index (χ3n) is 2.90. The van der Waals surface area contributed by atoms with Crippen molar-refractivity contribution in [3.8, 4) is 0 Å². The van der Waals surface area contributed by atoms with Gasteiger partial charge in [0.25, 0.3) is 5.91 Å². The first-order valence-corrected chi connectivity index (χ1v) is 6.47. The molecule has 1 heterocycles. The van der Waals surface area contributed by atoms with Crippen LogP contribution < -0.4 is 0 Å². The van der Waals surface area contributed by atoms with Crippen molar-refractivity contribution in [3.63, 3.8) is 0 Å². The van der Waals surface area contributed by atoms with Gasteiger partial charge in [0.15, 0.2) is 0 Å². The molecule has 20 heavy (non-hydrogen) atoms. The highest BCUT2D eigenvalue weighted by molar-refractivity contribution is 6.06. The van der Waals surface area contributed by atoms with Gasteiger partial charge in [-0.05, 0) is 38.0 Å². The summed E-state index contributed by atoms with van der Waals surface area (Å²) in [7, 11) is 1.62. The number of rotatable bonds is 2. The van der Waals surface area contributed by atoms with Crippen LogP contribution in [0.25, 0.3) is 0 Å². The van der Waals surface area contributed by atoms with Crippen molar-refractivity contribution in [3.05, 3.63) is 34.9 Å². The van der Waals surface area contributed by atoms with E-state index < -0.39 is 11.7 Å². The Labute approximate surface area is 118 Å². The van der Waals surface area contributed by atoms with Gasteiger partial charge in [0.1, 0.15) is 5.60 Å². The van der Waals surface area contributed by atoms with E-state index in [2.05, 4.69) is 0 Å². The normalized spacial score (nSPS) is 14.4. The molecule has 0 saturated heterocycles. The largest absolute Gasteiger partial charge is 0.443 e. The molecule has 1 aromatic rings. The number of methoxy groups -OCH3 is 1. The SMILES string of the molecule is COCc1ccc2c(c1)CN(C(=O)OC(C)(C)C)C2=O. The van der Waals surface area contributed by atoms with E-state index in [1.165, 1.54) is 0 Å². The number of imide groups is 1. The second-order valence-electron chi connectivity index (χ2n) is 5.80. The Morgan fingerprint density at radius 1 is 1.35 bits per heavy atom. The van der Waals surface area contributed by atoms with E-state index in [1.807, 2.05) is 12.1 Å². The molecule has 1 aliphatic rings. The molecule has 0 spiro atoms. The smallest absolute Gasteiger partial charge is 0.417 e. The zero-order chi connectivity index (χ0) is 14.9. The number of hydrogen-bond acceptors (Lipinski definition) is 4. The molecular formula is C15H19NO4. The molecule has 5 nitrogen and oxygen atoms in total. The average molecular weight is 277 g/mol. The number of ether oxygens (including phenoxy) is 2. The molecule has 0 aliphatic carbocycles. The molecule has 2 amide bonds. The number of benzene rings is 1. The molecule has 0 bridgehead atoms. The van der Waals surface area contributed by atoms with E-state index in [0.29, 0.717) is 12.2 Å². The summed E-state index contributed by atoms with van der Waals surface area (Å²) in [5.74, 6) is -0.307. The molecule has 0 atom stereocenters. The fraction of sp³-hybridized carbons (Fsp3) is 0.467. The van der Waals surface area contributed by atoms with Gasteiger partial charge >= 0.3 is 6.09 Å². The maximum Gasteiger partial charge on any atom is 0.417 e. The lowest BCUT2D eigenvalue weighted by Gasteiger charge is -2.23. The Kier molecular flexibility index (Phi) is 3.81. The Morgan fingerprint density at radius 3 is 2.65 bits per heavy atom. The summed E-state index contributed by atoms with van der Waals surface area (Å²) in [6.07, 6.45) is -0.605. The minimum absolute atomic E-state index is 0.251. The van der Waals surface area contributed by atoms with Gasteiger partial charge in [-0.1, -0.05) is 12.1 Å². The van der Waals surface area contributed by atoms with Crippen LogP contribution in [0.5, 0.6) is 0 Å². The van der Waals surface area contributed by atoms with Crippen LogP contribution in [0.3, 0.4) is 0 Å². The predicted octanol–water partition coefficient (Wildman–Crippen LogP) is 2.72. The first-order valence-electron chi connectivity index (χ1n) is 6.47. The van der Waals surface area contributed by atoms with Crippen LogP contribution in [-0.4, -0.2) is 29.6 Å². The second kappa shape index (κ2) is 5.25. The molecule has 1 aromatic carbocycles. The van der Waals surface area contributed by atoms with E-state index in [-0.39, 0.29) is 12.5 Å². The molecule has 1 aliphatic heterocycles. The molecule has 0 saturated carbocycles. The van der Waals surface area contributed by atoms with Gasteiger partial charge in [-0.2, -0.15) is 0 Å². The monoisotopic (exact) mass is 277 g/mol. The molecule has 0 radical (unpaired) electrons. The van der Waals surface area contributed by atoms with Gasteiger partial charge in [0, 0.05) is 12.7 Å². The summed E-state index contributed by atoms with van der Waals surface area (Å²) >= 11 is 0. The van der Waals surface area contributed by atoms with Crippen molar-refractivity contribution in [2.75, 3.05) is 7.11 Å². The van der Waals surface area contributed by atoms with Crippen LogP contribution in [0.4, 0.5) is 4.79 Å². The number of nitrogens with zero attached hydrogens (tertiary/aromatic N) is 1. The van der Waals surface area contributed by atoms with Gasteiger partial charge < -0.3 is 9.47 Å². The Bertz CT molecular complexity index is 545. The summed E-state index contributed by atoms with van der Waals surface area (Å²) in [5.41, 5.74) is 1.74. The Balaban J connectivity index is 2.18. The summed E-state index contributed by atoms with van der Waals surface area (Å²) in [4.78, 5) is 25.3. The van der Waals surface area contributed by atoms with Gasteiger partial charge in [0.2, 0.25) is 0 Å².